The largest absolute Gasteiger partial charge is 0.399 e. The molecule has 1 aromatic carbocycles. The van der Waals surface area contributed by atoms with Gasteiger partial charge in [0.25, 0.3) is 0 Å². The van der Waals surface area contributed by atoms with Crippen molar-refractivity contribution in [2.45, 2.75) is 12.5 Å². The second kappa shape index (κ2) is 5.25. The van der Waals surface area contributed by atoms with Crippen molar-refractivity contribution in [1.29, 1.82) is 0 Å². The molecular formula is C11H14ClN3O2. The van der Waals surface area contributed by atoms with E-state index in [0.717, 1.165) is 6.42 Å². The highest BCUT2D eigenvalue weighted by atomic mass is 35.5. The van der Waals surface area contributed by atoms with Gasteiger partial charge in [0.05, 0.1) is 23.4 Å². The van der Waals surface area contributed by atoms with E-state index >= 15 is 0 Å². The first kappa shape index (κ1) is 12.0. The van der Waals surface area contributed by atoms with Crippen LogP contribution in [0.2, 0.25) is 5.02 Å². The Morgan fingerprint density at radius 1 is 1.53 bits per heavy atom. The molecule has 4 N–H and O–H groups in total. The average molecular weight is 256 g/mol. The van der Waals surface area contributed by atoms with Crippen molar-refractivity contribution in [3.05, 3.63) is 23.2 Å². The van der Waals surface area contributed by atoms with Gasteiger partial charge >= 0.3 is 6.03 Å². The highest BCUT2D eigenvalue weighted by Crippen LogP contribution is 2.23. The summed E-state index contributed by atoms with van der Waals surface area (Å²) in [6.07, 6.45) is 0.831. The molecule has 17 heavy (non-hydrogen) atoms. The molecular weight excluding hydrogens is 242 g/mol. The lowest BCUT2D eigenvalue weighted by Crippen LogP contribution is -2.38. The molecule has 1 aromatic rings. The molecule has 1 aliphatic heterocycles. The fraction of sp³-hybridized carbons (Fsp3) is 0.364. The van der Waals surface area contributed by atoms with Crippen molar-refractivity contribution < 1.29 is 9.53 Å². The Bertz CT molecular complexity index is 419. The molecule has 1 atom stereocenters. The number of benzene rings is 1. The summed E-state index contributed by atoms with van der Waals surface area (Å²) in [5.41, 5.74) is 6.67. The summed E-state index contributed by atoms with van der Waals surface area (Å²) in [6, 6.07) is 4.71. The highest BCUT2D eigenvalue weighted by Gasteiger charge is 2.18. The SMILES string of the molecule is Nc1ccc(Cl)c(NC(=O)NC2CCOC2)c1. The molecule has 1 unspecified atom stereocenters. The number of hydrogen-bond donors (Lipinski definition) is 3. The molecule has 2 amide bonds. The third-order valence-electron chi connectivity index (χ3n) is 2.50. The maximum absolute atomic E-state index is 11.7. The first-order valence-electron chi connectivity index (χ1n) is 5.35. The molecule has 0 aliphatic carbocycles. The molecule has 5 nitrogen and oxygen atoms in total. The summed E-state index contributed by atoms with van der Waals surface area (Å²) in [4.78, 5) is 11.7. The van der Waals surface area contributed by atoms with E-state index in [9.17, 15) is 4.79 Å². The lowest BCUT2D eigenvalue weighted by Gasteiger charge is -2.13. The summed E-state index contributed by atoms with van der Waals surface area (Å²) < 4.78 is 5.16. The first-order valence-corrected chi connectivity index (χ1v) is 5.73. The Balaban J connectivity index is 1.95. The second-order valence-electron chi connectivity index (χ2n) is 3.90. The van der Waals surface area contributed by atoms with Gasteiger partial charge in [0.15, 0.2) is 0 Å². The molecule has 0 spiro atoms. The minimum absolute atomic E-state index is 0.0647. The van der Waals surface area contributed by atoms with Crippen LogP contribution in [-0.4, -0.2) is 25.3 Å². The fourth-order valence-electron chi connectivity index (χ4n) is 1.63. The number of rotatable bonds is 2. The molecule has 1 aliphatic rings. The smallest absolute Gasteiger partial charge is 0.319 e. The molecule has 0 aromatic heterocycles. The van der Waals surface area contributed by atoms with Gasteiger partial charge in [0.2, 0.25) is 0 Å². The van der Waals surface area contributed by atoms with Gasteiger partial charge in [-0.05, 0) is 24.6 Å². The summed E-state index contributed by atoms with van der Waals surface area (Å²) in [5.74, 6) is 0. The third-order valence-corrected chi connectivity index (χ3v) is 2.83. The number of hydrogen-bond acceptors (Lipinski definition) is 3. The number of nitrogens with two attached hydrogens (primary N) is 1. The number of halogens is 1. The number of carbonyl (C=O) groups is 1. The lowest BCUT2D eigenvalue weighted by atomic mass is 10.2. The molecule has 92 valence electrons. The summed E-state index contributed by atoms with van der Waals surface area (Å²) in [5, 5.41) is 5.92. The fourth-order valence-corrected chi connectivity index (χ4v) is 1.80. The molecule has 1 saturated heterocycles. The maximum atomic E-state index is 11.7. The normalized spacial score (nSPS) is 19.0. The van der Waals surface area contributed by atoms with Crippen molar-refractivity contribution in [2.24, 2.45) is 0 Å². The van der Waals surface area contributed by atoms with Crippen LogP contribution in [0.1, 0.15) is 6.42 Å². The van der Waals surface area contributed by atoms with E-state index in [0.29, 0.717) is 29.6 Å². The van der Waals surface area contributed by atoms with Crippen LogP contribution in [0.25, 0.3) is 0 Å². The number of carbonyl (C=O) groups excluding carboxylic acids is 1. The minimum Gasteiger partial charge on any atom is -0.399 e. The zero-order valence-electron chi connectivity index (χ0n) is 9.20. The molecule has 2 rings (SSSR count). The molecule has 1 heterocycles. The van der Waals surface area contributed by atoms with E-state index in [1.165, 1.54) is 0 Å². The zero-order valence-corrected chi connectivity index (χ0v) is 9.96. The lowest BCUT2D eigenvalue weighted by molar-refractivity contribution is 0.189. The van der Waals surface area contributed by atoms with Crippen LogP contribution in [-0.2, 0) is 4.74 Å². The zero-order chi connectivity index (χ0) is 12.3. The Hall–Kier alpha value is -1.46. The van der Waals surface area contributed by atoms with Crippen molar-refractivity contribution in [1.82, 2.24) is 5.32 Å². The highest BCUT2D eigenvalue weighted by molar-refractivity contribution is 6.33. The van der Waals surface area contributed by atoms with Gasteiger partial charge < -0.3 is 21.1 Å². The summed E-state index contributed by atoms with van der Waals surface area (Å²) in [6.45, 7) is 1.24. The average Bonchev–Trinajstić information content (AvgIpc) is 2.76. The van der Waals surface area contributed by atoms with E-state index in [1.807, 2.05) is 0 Å². The van der Waals surface area contributed by atoms with Crippen LogP contribution in [0.3, 0.4) is 0 Å². The number of nitrogen functional groups attached to an aromatic ring is 1. The van der Waals surface area contributed by atoms with Gasteiger partial charge in [-0.25, -0.2) is 4.79 Å². The standard InChI is InChI=1S/C11H14ClN3O2/c12-9-2-1-7(13)5-10(9)15-11(16)14-8-3-4-17-6-8/h1-2,5,8H,3-4,6,13H2,(H2,14,15,16). The predicted molar refractivity (Wildman–Crippen MR) is 67.2 cm³/mol. The van der Waals surface area contributed by atoms with Gasteiger partial charge in [-0.3, -0.25) is 0 Å². The number of urea groups is 1. The minimum atomic E-state index is -0.298. The van der Waals surface area contributed by atoms with Crippen molar-refractivity contribution >= 4 is 29.0 Å². The van der Waals surface area contributed by atoms with Crippen LogP contribution in [0.5, 0.6) is 0 Å². The monoisotopic (exact) mass is 255 g/mol. The summed E-state index contributed by atoms with van der Waals surface area (Å²) >= 11 is 5.93. The Labute approximate surface area is 104 Å². The Morgan fingerprint density at radius 3 is 3.06 bits per heavy atom. The Morgan fingerprint density at radius 2 is 2.35 bits per heavy atom. The molecule has 0 bridgehead atoms. The van der Waals surface area contributed by atoms with E-state index in [4.69, 9.17) is 22.1 Å². The number of amides is 2. The topological polar surface area (TPSA) is 76.4 Å². The molecule has 0 saturated carbocycles. The Kier molecular flexibility index (Phi) is 3.71. The molecule has 0 radical (unpaired) electrons. The first-order chi connectivity index (χ1) is 8.15. The van der Waals surface area contributed by atoms with E-state index < -0.39 is 0 Å². The molecule has 6 heteroatoms. The molecule has 1 fully saturated rings. The second-order valence-corrected chi connectivity index (χ2v) is 4.31. The quantitative estimate of drug-likeness (QED) is 0.706. The third kappa shape index (κ3) is 3.25. The number of ether oxygens (including phenoxy) is 1. The van der Waals surface area contributed by atoms with Crippen LogP contribution < -0.4 is 16.4 Å². The van der Waals surface area contributed by atoms with Crippen molar-refractivity contribution in [3.63, 3.8) is 0 Å². The van der Waals surface area contributed by atoms with E-state index in [2.05, 4.69) is 10.6 Å². The van der Waals surface area contributed by atoms with Crippen LogP contribution in [0.4, 0.5) is 16.2 Å². The van der Waals surface area contributed by atoms with E-state index in [-0.39, 0.29) is 12.1 Å². The van der Waals surface area contributed by atoms with Gasteiger partial charge in [0.1, 0.15) is 0 Å². The van der Waals surface area contributed by atoms with E-state index in [1.54, 1.807) is 18.2 Å². The van der Waals surface area contributed by atoms with Crippen LogP contribution in [0.15, 0.2) is 18.2 Å². The van der Waals surface area contributed by atoms with Gasteiger partial charge in [-0.2, -0.15) is 0 Å². The number of nitrogens with one attached hydrogen (secondary N) is 2. The maximum Gasteiger partial charge on any atom is 0.319 e. The predicted octanol–water partition coefficient (Wildman–Crippen LogP) is 1.83. The van der Waals surface area contributed by atoms with Crippen molar-refractivity contribution in [3.8, 4) is 0 Å². The van der Waals surface area contributed by atoms with Gasteiger partial charge in [0, 0.05) is 12.3 Å². The van der Waals surface area contributed by atoms with Gasteiger partial charge in [-0.15, -0.1) is 0 Å². The van der Waals surface area contributed by atoms with Crippen LogP contribution in [0, 0.1) is 0 Å². The number of anilines is 2. The summed E-state index contributed by atoms with van der Waals surface area (Å²) in [7, 11) is 0. The van der Waals surface area contributed by atoms with Crippen molar-refractivity contribution in [2.75, 3.05) is 24.3 Å². The van der Waals surface area contributed by atoms with Gasteiger partial charge in [-0.1, -0.05) is 11.6 Å². The van der Waals surface area contributed by atoms with Crippen LogP contribution >= 0.6 is 11.6 Å².